The Labute approximate surface area is 125 Å². The molecule has 1 rings (SSSR count). The molecule has 0 fully saturated rings. The third kappa shape index (κ3) is 3.70. The van der Waals surface area contributed by atoms with Crippen LogP contribution in [0.15, 0.2) is 35.5 Å². The minimum Gasteiger partial charge on any atom is -0.478 e. The number of carbonyl (C=O) groups is 2. The van der Waals surface area contributed by atoms with E-state index < -0.39 is 17.0 Å². The van der Waals surface area contributed by atoms with E-state index in [1.807, 2.05) is 13.8 Å². The quantitative estimate of drug-likeness (QED) is 0.603. The Balaban J connectivity index is 3.24. The van der Waals surface area contributed by atoms with Crippen LogP contribution < -0.4 is 0 Å². The Kier molecular flexibility index (Phi) is 5.29. The van der Waals surface area contributed by atoms with Crippen molar-refractivity contribution in [2.24, 2.45) is 5.41 Å². The SMILES string of the molecule is CCC[C@@]1(C)CC(=O)C=C(C)[C@]1(O)/C=C/C(C)=C\C(=O)O. The number of aliphatic carboxylic acids is 1. The molecule has 0 spiro atoms. The highest BCUT2D eigenvalue weighted by Crippen LogP contribution is 2.47. The summed E-state index contributed by atoms with van der Waals surface area (Å²) in [5.74, 6) is -0.995. The van der Waals surface area contributed by atoms with Gasteiger partial charge < -0.3 is 10.2 Å². The topological polar surface area (TPSA) is 74.6 Å². The molecule has 0 bridgehead atoms. The van der Waals surface area contributed by atoms with Crippen molar-refractivity contribution in [1.82, 2.24) is 0 Å². The van der Waals surface area contributed by atoms with Gasteiger partial charge in [-0.25, -0.2) is 4.79 Å². The van der Waals surface area contributed by atoms with Crippen LogP contribution in [0.3, 0.4) is 0 Å². The maximum Gasteiger partial charge on any atom is 0.328 e. The molecule has 0 saturated heterocycles. The monoisotopic (exact) mass is 292 g/mol. The average Bonchev–Trinajstić information content (AvgIpc) is 2.33. The van der Waals surface area contributed by atoms with Gasteiger partial charge in [0.1, 0.15) is 5.60 Å². The highest BCUT2D eigenvalue weighted by Gasteiger charge is 2.49. The summed E-state index contributed by atoms with van der Waals surface area (Å²) in [4.78, 5) is 22.5. The Hall–Kier alpha value is -1.68. The number of aliphatic hydroxyl groups is 1. The maximum absolute atomic E-state index is 11.8. The Morgan fingerprint density at radius 3 is 2.62 bits per heavy atom. The van der Waals surface area contributed by atoms with Gasteiger partial charge in [0.2, 0.25) is 0 Å². The molecule has 0 aromatic carbocycles. The van der Waals surface area contributed by atoms with Crippen LogP contribution in [0.25, 0.3) is 0 Å². The van der Waals surface area contributed by atoms with E-state index in [-0.39, 0.29) is 5.78 Å². The largest absolute Gasteiger partial charge is 0.478 e. The minimum atomic E-state index is -1.23. The zero-order valence-electron chi connectivity index (χ0n) is 13.1. The van der Waals surface area contributed by atoms with Crippen molar-refractivity contribution in [3.63, 3.8) is 0 Å². The molecule has 1 aliphatic rings. The summed E-state index contributed by atoms with van der Waals surface area (Å²) in [6.45, 7) is 7.33. The van der Waals surface area contributed by atoms with E-state index in [4.69, 9.17) is 5.11 Å². The highest BCUT2D eigenvalue weighted by atomic mass is 16.4. The van der Waals surface area contributed by atoms with Gasteiger partial charge in [-0.05, 0) is 43.6 Å². The van der Waals surface area contributed by atoms with Crippen LogP contribution >= 0.6 is 0 Å². The molecule has 21 heavy (non-hydrogen) atoms. The fourth-order valence-electron chi connectivity index (χ4n) is 3.06. The van der Waals surface area contributed by atoms with Gasteiger partial charge >= 0.3 is 5.97 Å². The van der Waals surface area contributed by atoms with Gasteiger partial charge in [-0.15, -0.1) is 0 Å². The lowest BCUT2D eigenvalue weighted by Crippen LogP contribution is -2.49. The van der Waals surface area contributed by atoms with Crippen molar-refractivity contribution in [3.8, 4) is 0 Å². The summed E-state index contributed by atoms with van der Waals surface area (Å²) in [5, 5.41) is 19.8. The van der Waals surface area contributed by atoms with E-state index in [0.717, 1.165) is 12.5 Å². The summed E-state index contributed by atoms with van der Waals surface area (Å²) >= 11 is 0. The normalized spacial score (nSPS) is 30.6. The Morgan fingerprint density at radius 2 is 2.10 bits per heavy atom. The van der Waals surface area contributed by atoms with Gasteiger partial charge in [0.15, 0.2) is 5.78 Å². The number of carbonyl (C=O) groups excluding carboxylic acids is 1. The lowest BCUT2D eigenvalue weighted by molar-refractivity contribution is -0.131. The summed E-state index contributed by atoms with van der Waals surface area (Å²) in [7, 11) is 0. The first-order valence-corrected chi connectivity index (χ1v) is 7.19. The van der Waals surface area contributed by atoms with Gasteiger partial charge in [-0.1, -0.05) is 26.3 Å². The standard InChI is InChI=1S/C17H24O4/c1-5-7-16(4)11-14(18)10-13(3)17(16,21)8-6-12(2)9-15(19)20/h6,8-10,21H,5,7,11H2,1-4H3,(H,19,20)/b8-6+,12-9-/t16-,17+/m0/s1. The lowest BCUT2D eigenvalue weighted by atomic mass is 9.61. The molecule has 4 nitrogen and oxygen atoms in total. The van der Waals surface area contributed by atoms with Crippen molar-refractivity contribution in [2.75, 3.05) is 0 Å². The van der Waals surface area contributed by atoms with E-state index in [9.17, 15) is 14.7 Å². The molecule has 0 amide bonds. The molecular weight excluding hydrogens is 268 g/mol. The fraction of sp³-hybridized carbons (Fsp3) is 0.529. The van der Waals surface area contributed by atoms with Crippen molar-refractivity contribution >= 4 is 11.8 Å². The van der Waals surface area contributed by atoms with E-state index in [0.29, 0.717) is 24.0 Å². The van der Waals surface area contributed by atoms with Gasteiger partial charge in [0.25, 0.3) is 0 Å². The van der Waals surface area contributed by atoms with Crippen LogP contribution in [0, 0.1) is 5.41 Å². The van der Waals surface area contributed by atoms with Crippen molar-refractivity contribution in [1.29, 1.82) is 0 Å². The molecule has 116 valence electrons. The molecular formula is C17H24O4. The van der Waals surface area contributed by atoms with Crippen LogP contribution in [-0.2, 0) is 9.59 Å². The first kappa shape index (κ1) is 17.4. The van der Waals surface area contributed by atoms with Crippen LogP contribution in [0.5, 0.6) is 0 Å². The van der Waals surface area contributed by atoms with Crippen molar-refractivity contribution in [3.05, 3.63) is 35.5 Å². The molecule has 0 radical (unpaired) electrons. The van der Waals surface area contributed by atoms with Crippen LogP contribution in [0.1, 0.15) is 47.0 Å². The zero-order chi connectivity index (χ0) is 16.3. The molecule has 2 N–H and O–H groups in total. The summed E-state index contributed by atoms with van der Waals surface area (Å²) < 4.78 is 0. The highest BCUT2D eigenvalue weighted by molar-refractivity contribution is 5.93. The lowest BCUT2D eigenvalue weighted by Gasteiger charge is -2.46. The van der Waals surface area contributed by atoms with E-state index in [1.54, 1.807) is 26.0 Å². The Bertz CT molecular complexity index is 527. The molecule has 0 aliphatic heterocycles. The first-order valence-electron chi connectivity index (χ1n) is 7.19. The molecule has 2 atom stereocenters. The molecule has 0 saturated carbocycles. The number of rotatable bonds is 5. The fourth-order valence-corrected chi connectivity index (χ4v) is 3.06. The van der Waals surface area contributed by atoms with E-state index in [2.05, 4.69) is 0 Å². The van der Waals surface area contributed by atoms with Crippen LogP contribution in [0.4, 0.5) is 0 Å². The molecule has 0 aromatic heterocycles. The van der Waals surface area contributed by atoms with Crippen LogP contribution in [0.2, 0.25) is 0 Å². The van der Waals surface area contributed by atoms with E-state index in [1.165, 1.54) is 6.08 Å². The molecule has 4 heteroatoms. The maximum atomic E-state index is 11.8. The predicted molar refractivity (Wildman–Crippen MR) is 81.9 cm³/mol. The van der Waals surface area contributed by atoms with Gasteiger partial charge in [-0.2, -0.15) is 0 Å². The number of hydrogen-bond donors (Lipinski definition) is 2. The Morgan fingerprint density at radius 1 is 1.48 bits per heavy atom. The number of carboxylic acid groups (broad SMARTS) is 1. The van der Waals surface area contributed by atoms with Crippen molar-refractivity contribution in [2.45, 2.75) is 52.6 Å². The number of allylic oxidation sites excluding steroid dienone is 3. The zero-order valence-corrected chi connectivity index (χ0v) is 13.1. The number of hydrogen-bond acceptors (Lipinski definition) is 3. The van der Waals surface area contributed by atoms with Crippen LogP contribution in [-0.4, -0.2) is 27.6 Å². The summed E-state index contributed by atoms with van der Waals surface area (Å²) in [6.07, 6.45) is 7.66. The number of ketones is 1. The molecule has 1 aliphatic carbocycles. The van der Waals surface area contributed by atoms with E-state index >= 15 is 0 Å². The van der Waals surface area contributed by atoms with Gasteiger partial charge in [0.05, 0.1) is 0 Å². The second kappa shape index (κ2) is 6.39. The number of carboxylic acids is 1. The van der Waals surface area contributed by atoms with Gasteiger partial charge in [-0.3, -0.25) is 4.79 Å². The molecule has 0 aromatic rings. The third-order valence-corrected chi connectivity index (χ3v) is 4.20. The predicted octanol–water partition coefficient (Wildman–Crippen LogP) is 3.03. The molecule has 0 heterocycles. The summed E-state index contributed by atoms with van der Waals surface area (Å²) in [5.41, 5.74) is -0.657. The summed E-state index contributed by atoms with van der Waals surface area (Å²) in [6, 6.07) is 0. The first-order chi connectivity index (χ1) is 9.64. The second-order valence-corrected chi connectivity index (χ2v) is 6.11. The second-order valence-electron chi connectivity index (χ2n) is 6.11. The minimum absolute atomic E-state index is 0.0272. The molecule has 0 unspecified atom stereocenters. The van der Waals surface area contributed by atoms with Crippen molar-refractivity contribution < 1.29 is 19.8 Å². The smallest absolute Gasteiger partial charge is 0.328 e. The third-order valence-electron chi connectivity index (χ3n) is 4.20. The average molecular weight is 292 g/mol. The van der Waals surface area contributed by atoms with Gasteiger partial charge in [0, 0.05) is 17.9 Å².